The summed E-state index contributed by atoms with van der Waals surface area (Å²) < 4.78 is 2.21. The van der Waals surface area contributed by atoms with Gasteiger partial charge in [-0.25, -0.2) is 0 Å². The lowest BCUT2D eigenvalue weighted by atomic mass is 10.1. The molecule has 1 aromatic carbocycles. The van der Waals surface area contributed by atoms with Gasteiger partial charge in [0.25, 0.3) is 0 Å². The van der Waals surface area contributed by atoms with Crippen LogP contribution < -0.4 is 5.32 Å². The van der Waals surface area contributed by atoms with Crippen LogP contribution in [-0.4, -0.2) is 22.8 Å². The first kappa shape index (κ1) is 14.1. The van der Waals surface area contributed by atoms with Crippen LogP contribution in [0.25, 0.3) is 10.9 Å². The minimum atomic E-state index is 0.247. The van der Waals surface area contributed by atoms with Gasteiger partial charge in [0.05, 0.1) is 0 Å². The van der Waals surface area contributed by atoms with Gasteiger partial charge in [-0.3, -0.25) is 0 Å². The van der Waals surface area contributed by atoms with Gasteiger partial charge < -0.3 is 15.0 Å². The largest absolute Gasteiger partial charge is 0.396 e. The molecular formula is C16H24N2O. The third kappa shape index (κ3) is 3.82. The maximum absolute atomic E-state index is 8.90. The van der Waals surface area contributed by atoms with Gasteiger partial charge in [-0.15, -0.1) is 0 Å². The molecule has 0 saturated carbocycles. The summed E-state index contributed by atoms with van der Waals surface area (Å²) in [5.74, 6) is 0.684. The van der Waals surface area contributed by atoms with Crippen LogP contribution in [-0.2, 0) is 13.1 Å². The number of hydrogen-bond acceptors (Lipinski definition) is 2. The summed E-state index contributed by atoms with van der Waals surface area (Å²) in [6, 6.07) is 8.76. The molecule has 3 nitrogen and oxygen atoms in total. The first-order valence-corrected chi connectivity index (χ1v) is 7.10. The standard InChI is InChI=1S/C16H24N2O/c1-13(2)11-17-12-14-4-5-16-15(10-14)6-8-18(16)7-3-9-19/h4-6,8,10,13,17,19H,3,7,9,11-12H2,1-2H3. The van der Waals surface area contributed by atoms with Crippen LogP contribution in [0.5, 0.6) is 0 Å². The second-order valence-electron chi connectivity index (χ2n) is 5.50. The van der Waals surface area contributed by atoms with Crippen molar-refractivity contribution in [2.24, 2.45) is 5.92 Å². The number of rotatable bonds is 7. The van der Waals surface area contributed by atoms with Gasteiger partial charge in [0.1, 0.15) is 0 Å². The fraction of sp³-hybridized carbons (Fsp3) is 0.500. The summed E-state index contributed by atoms with van der Waals surface area (Å²) >= 11 is 0. The van der Waals surface area contributed by atoms with Crippen molar-refractivity contribution in [3.05, 3.63) is 36.0 Å². The zero-order valence-electron chi connectivity index (χ0n) is 11.9. The molecule has 0 aliphatic rings. The molecule has 0 amide bonds. The van der Waals surface area contributed by atoms with E-state index in [0.29, 0.717) is 5.92 Å². The molecule has 2 N–H and O–H groups in total. The average Bonchev–Trinajstić information content (AvgIpc) is 2.78. The second kappa shape index (κ2) is 6.73. The molecule has 0 radical (unpaired) electrons. The van der Waals surface area contributed by atoms with Gasteiger partial charge in [-0.1, -0.05) is 19.9 Å². The van der Waals surface area contributed by atoms with Crippen molar-refractivity contribution >= 4 is 10.9 Å². The number of fused-ring (bicyclic) bond motifs is 1. The Morgan fingerprint density at radius 3 is 2.84 bits per heavy atom. The monoisotopic (exact) mass is 260 g/mol. The Balaban J connectivity index is 2.05. The summed E-state index contributed by atoms with van der Waals surface area (Å²) in [7, 11) is 0. The van der Waals surface area contributed by atoms with Gasteiger partial charge in [0, 0.05) is 31.4 Å². The number of aliphatic hydroxyl groups excluding tert-OH is 1. The predicted octanol–water partition coefficient (Wildman–Crippen LogP) is 2.77. The maximum Gasteiger partial charge on any atom is 0.0480 e. The molecule has 0 aliphatic carbocycles. The normalized spacial score (nSPS) is 11.6. The Bertz CT molecular complexity index is 516. The number of nitrogens with one attached hydrogen (secondary N) is 1. The molecule has 1 heterocycles. The molecule has 0 atom stereocenters. The third-order valence-corrected chi connectivity index (χ3v) is 3.27. The molecule has 0 aliphatic heterocycles. The summed E-state index contributed by atoms with van der Waals surface area (Å²) in [6.07, 6.45) is 2.91. The quantitative estimate of drug-likeness (QED) is 0.803. The summed E-state index contributed by atoms with van der Waals surface area (Å²) in [6.45, 7) is 7.54. The smallest absolute Gasteiger partial charge is 0.0480 e. The lowest BCUT2D eigenvalue weighted by Crippen LogP contribution is -2.18. The SMILES string of the molecule is CC(C)CNCc1ccc2c(ccn2CCCO)c1. The van der Waals surface area contributed by atoms with E-state index in [-0.39, 0.29) is 6.61 Å². The second-order valence-corrected chi connectivity index (χ2v) is 5.50. The van der Waals surface area contributed by atoms with Crippen molar-refractivity contribution < 1.29 is 5.11 Å². The summed E-state index contributed by atoms with van der Waals surface area (Å²) in [5, 5.41) is 13.6. The Labute approximate surface area is 115 Å². The summed E-state index contributed by atoms with van der Waals surface area (Å²) in [5.41, 5.74) is 2.58. The average molecular weight is 260 g/mol. The van der Waals surface area contributed by atoms with E-state index < -0.39 is 0 Å². The third-order valence-electron chi connectivity index (χ3n) is 3.27. The molecule has 0 saturated heterocycles. The van der Waals surface area contributed by atoms with E-state index in [9.17, 15) is 0 Å². The van der Waals surface area contributed by atoms with Gasteiger partial charge in [0.15, 0.2) is 0 Å². The fourth-order valence-electron chi connectivity index (χ4n) is 2.30. The number of nitrogens with zero attached hydrogens (tertiary/aromatic N) is 1. The zero-order valence-corrected chi connectivity index (χ0v) is 11.9. The van der Waals surface area contributed by atoms with Crippen molar-refractivity contribution in [2.75, 3.05) is 13.2 Å². The Hall–Kier alpha value is -1.32. The van der Waals surface area contributed by atoms with E-state index in [1.165, 1.54) is 16.5 Å². The molecule has 2 aromatic rings. The Kier molecular flexibility index (Phi) is 5.00. The highest BCUT2D eigenvalue weighted by atomic mass is 16.3. The van der Waals surface area contributed by atoms with Crippen LogP contribution in [0, 0.1) is 5.92 Å². The van der Waals surface area contributed by atoms with Gasteiger partial charge >= 0.3 is 0 Å². The lowest BCUT2D eigenvalue weighted by Gasteiger charge is -2.08. The molecule has 0 unspecified atom stereocenters. The number of benzene rings is 1. The first-order chi connectivity index (χ1) is 9.20. The number of aryl methyl sites for hydroxylation is 1. The highest BCUT2D eigenvalue weighted by Crippen LogP contribution is 2.18. The van der Waals surface area contributed by atoms with Crippen LogP contribution in [0.3, 0.4) is 0 Å². The van der Waals surface area contributed by atoms with E-state index in [1.54, 1.807) is 0 Å². The van der Waals surface area contributed by atoms with Gasteiger partial charge in [-0.05, 0) is 48.0 Å². The Morgan fingerprint density at radius 2 is 2.11 bits per heavy atom. The minimum Gasteiger partial charge on any atom is -0.396 e. The van der Waals surface area contributed by atoms with Crippen LogP contribution in [0.15, 0.2) is 30.5 Å². The predicted molar refractivity (Wildman–Crippen MR) is 80.2 cm³/mol. The van der Waals surface area contributed by atoms with Gasteiger partial charge in [0.2, 0.25) is 0 Å². The molecule has 0 fully saturated rings. The van der Waals surface area contributed by atoms with Crippen LogP contribution in [0.4, 0.5) is 0 Å². The van der Waals surface area contributed by atoms with E-state index in [1.807, 2.05) is 0 Å². The van der Waals surface area contributed by atoms with Crippen LogP contribution >= 0.6 is 0 Å². The van der Waals surface area contributed by atoms with Crippen molar-refractivity contribution in [1.29, 1.82) is 0 Å². The molecule has 1 aromatic heterocycles. The molecular weight excluding hydrogens is 236 g/mol. The minimum absolute atomic E-state index is 0.247. The number of hydrogen-bond donors (Lipinski definition) is 2. The van der Waals surface area contributed by atoms with Crippen molar-refractivity contribution in [2.45, 2.75) is 33.4 Å². The number of aromatic nitrogens is 1. The summed E-state index contributed by atoms with van der Waals surface area (Å²) in [4.78, 5) is 0. The maximum atomic E-state index is 8.90. The van der Waals surface area contributed by atoms with Crippen molar-refractivity contribution in [3.63, 3.8) is 0 Å². The van der Waals surface area contributed by atoms with Crippen LogP contribution in [0.2, 0.25) is 0 Å². The number of aliphatic hydroxyl groups is 1. The fourth-order valence-corrected chi connectivity index (χ4v) is 2.30. The van der Waals surface area contributed by atoms with Crippen molar-refractivity contribution in [3.8, 4) is 0 Å². The Morgan fingerprint density at radius 1 is 1.26 bits per heavy atom. The molecule has 19 heavy (non-hydrogen) atoms. The lowest BCUT2D eigenvalue weighted by molar-refractivity contribution is 0.280. The van der Waals surface area contributed by atoms with Gasteiger partial charge in [-0.2, -0.15) is 0 Å². The highest BCUT2D eigenvalue weighted by Gasteiger charge is 2.02. The highest BCUT2D eigenvalue weighted by molar-refractivity contribution is 5.80. The zero-order chi connectivity index (χ0) is 13.7. The molecule has 2 rings (SSSR count). The first-order valence-electron chi connectivity index (χ1n) is 7.10. The van der Waals surface area contributed by atoms with E-state index in [4.69, 9.17) is 5.11 Å². The van der Waals surface area contributed by atoms with E-state index in [0.717, 1.165) is 26.1 Å². The molecule has 0 bridgehead atoms. The molecule has 3 heteroatoms. The van der Waals surface area contributed by atoms with E-state index >= 15 is 0 Å². The molecule has 0 spiro atoms. The molecule has 104 valence electrons. The van der Waals surface area contributed by atoms with Crippen LogP contribution in [0.1, 0.15) is 25.8 Å². The van der Waals surface area contributed by atoms with Crippen molar-refractivity contribution in [1.82, 2.24) is 9.88 Å². The topological polar surface area (TPSA) is 37.2 Å². The van der Waals surface area contributed by atoms with E-state index in [2.05, 4.69) is 54.2 Å².